The summed E-state index contributed by atoms with van der Waals surface area (Å²) in [5.74, 6) is 0. The predicted octanol–water partition coefficient (Wildman–Crippen LogP) is 3.94. The SMILES string of the molecule is Cn1ccc2cc(N(C(N)=O)c3ccc4cnccc4c3)ccc21. The largest absolute Gasteiger partial charge is 0.351 e. The van der Waals surface area contributed by atoms with Crippen LogP contribution in [0.2, 0.25) is 0 Å². The minimum Gasteiger partial charge on any atom is -0.351 e. The molecule has 5 heteroatoms. The third-order valence-corrected chi connectivity index (χ3v) is 4.23. The molecule has 0 atom stereocenters. The van der Waals surface area contributed by atoms with Crippen molar-refractivity contribution in [3.05, 3.63) is 67.1 Å². The second-order valence-electron chi connectivity index (χ2n) is 5.75. The molecule has 5 nitrogen and oxygen atoms in total. The summed E-state index contributed by atoms with van der Waals surface area (Å²) in [6, 6.07) is 15.0. The van der Waals surface area contributed by atoms with Gasteiger partial charge in [0.2, 0.25) is 0 Å². The lowest BCUT2D eigenvalue weighted by atomic mass is 10.1. The molecule has 0 bridgehead atoms. The smallest absolute Gasteiger partial charge is 0.323 e. The van der Waals surface area contributed by atoms with E-state index in [-0.39, 0.29) is 0 Å². The van der Waals surface area contributed by atoms with Gasteiger partial charge in [0.25, 0.3) is 0 Å². The van der Waals surface area contributed by atoms with Gasteiger partial charge in [-0.05, 0) is 47.9 Å². The molecule has 2 N–H and O–H groups in total. The summed E-state index contributed by atoms with van der Waals surface area (Å²) in [6.45, 7) is 0. The van der Waals surface area contributed by atoms with Crippen molar-refractivity contribution < 1.29 is 4.79 Å². The minimum atomic E-state index is -0.515. The van der Waals surface area contributed by atoms with E-state index in [2.05, 4.69) is 4.98 Å². The van der Waals surface area contributed by atoms with Crippen molar-refractivity contribution in [2.24, 2.45) is 12.8 Å². The van der Waals surface area contributed by atoms with Crippen LogP contribution in [0.3, 0.4) is 0 Å². The van der Waals surface area contributed by atoms with Crippen LogP contribution in [0.25, 0.3) is 21.7 Å². The highest BCUT2D eigenvalue weighted by molar-refractivity contribution is 6.02. The zero-order valence-corrected chi connectivity index (χ0v) is 13.2. The molecule has 0 aliphatic heterocycles. The lowest BCUT2D eigenvalue weighted by Gasteiger charge is -2.21. The number of rotatable bonds is 2. The van der Waals surface area contributed by atoms with Gasteiger partial charge in [0.05, 0.1) is 11.4 Å². The number of nitrogens with zero attached hydrogens (tertiary/aromatic N) is 3. The Morgan fingerprint density at radius 2 is 1.75 bits per heavy atom. The van der Waals surface area contributed by atoms with E-state index < -0.39 is 6.03 Å². The third kappa shape index (κ3) is 2.27. The second kappa shape index (κ2) is 5.38. The van der Waals surface area contributed by atoms with Crippen molar-refractivity contribution in [3.8, 4) is 0 Å². The Labute approximate surface area is 138 Å². The van der Waals surface area contributed by atoms with Gasteiger partial charge in [-0.15, -0.1) is 0 Å². The molecule has 0 radical (unpaired) electrons. The second-order valence-corrected chi connectivity index (χ2v) is 5.75. The number of hydrogen-bond donors (Lipinski definition) is 1. The molecule has 0 fully saturated rings. The van der Waals surface area contributed by atoms with Gasteiger partial charge >= 0.3 is 6.03 Å². The Bertz CT molecular complexity index is 1070. The molecule has 4 aromatic rings. The normalized spacial score (nSPS) is 11.0. The molecule has 2 amide bonds. The van der Waals surface area contributed by atoms with Crippen LogP contribution in [-0.2, 0) is 7.05 Å². The third-order valence-electron chi connectivity index (χ3n) is 4.23. The van der Waals surface area contributed by atoms with Gasteiger partial charge in [-0.2, -0.15) is 0 Å². The van der Waals surface area contributed by atoms with Crippen LogP contribution in [0.4, 0.5) is 16.2 Å². The van der Waals surface area contributed by atoms with Gasteiger partial charge in [0.15, 0.2) is 0 Å². The average Bonchev–Trinajstić information content (AvgIpc) is 2.95. The van der Waals surface area contributed by atoms with E-state index in [0.717, 1.165) is 33.1 Å². The van der Waals surface area contributed by atoms with Crippen molar-refractivity contribution in [1.82, 2.24) is 9.55 Å². The first kappa shape index (κ1) is 14.3. The van der Waals surface area contributed by atoms with E-state index in [1.807, 2.05) is 66.3 Å². The number of pyridine rings is 1. The number of amides is 2. The fraction of sp³-hybridized carbons (Fsp3) is 0.0526. The Kier molecular flexibility index (Phi) is 3.20. The maximum absolute atomic E-state index is 12.1. The Balaban J connectivity index is 1.86. The van der Waals surface area contributed by atoms with E-state index in [1.54, 1.807) is 12.4 Å². The number of urea groups is 1. The molecule has 0 unspecified atom stereocenters. The molecule has 0 aliphatic carbocycles. The van der Waals surface area contributed by atoms with Gasteiger partial charge in [0.1, 0.15) is 0 Å². The molecule has 0 saturated carbocycles. The van der Waals surface area contributed by atoms with E-state index >= 15 is 0 Å². The quantitative estimate of drug-likeness (QED) is 0.608. The van der Waals surface area contributed by atoms with Crippen molar-refractivity contribution in [2.45, 2.75) is 0 Å². The molecule has 4 rings (SSSR count). The highest BCUT2D eigenvalue weighted by atomic mass is 16.2. The van der Waals surface area contributed by atoms with Crippen molar-refractivity contribution in [1.29, 1.82) is 0 Å². The number of fused-ring (bicyclic) bond motifs is 2. The molecule has 118 valence electrons. The zero-order valence-electron chi connectivity index (χ0n) is 13.2. The van der Waals surface area contributed by atoms with Gasteiger partial charge in [-0.1, -0.05) is 6.07 Å². The number of aromatic nitrogens is 2. The highest BCUT2D eigenvalue weighted by Crippen LogP contribution is 2.30. The lowest BCUT2D eigenvalue weighted by molar-refractivity contribution is 0.256. The highest BCUT2D eigenvalue weighted by Gasteiger charge is 2.16. The van der Waals surface area contributed by atoms with Gasteiger partial charge in [-0.3, -0.25) is 9.88 Å². The molecular weight excluding hydrogens is 300 g/mol. The van der Waals surface area contributed by atoms with Crippen LogP contribution in [-0.4, -0.2) is 15.6 Å². The lowest BCUT2D eigenvalue weighted by Crippen LogP contribution is -2.31. The minimum absolute atomic E-state index is 0.515. The maximum atomic E-state index is 12.1. The monoisotopic (exact) mass is 316 g/mol. The molecule has 0 saturated heterocycles. The van der Waals surface area contributed by atoms with Gasteiger partial charge < -0.3 is 10.3 Å². The van der Waals surface area contributed by atoms with Crippen LogP contribution in [0.5, 0.6) is 0 Å². The van der Waals surface area contributed by atoms with Crippen molar-refractivity contribution >= 4 is 39.1 Å². The number of benzene rings is 2. The Morgan fingerprint density at radius 3 is 2.54 bits per heavy atom. The molecular formula is C19H16N4O. The number of anilines is 2. The Morgan fingerprint density at radius 1 is 1.00 bits per heavy atom. The van der Waals surface area contributed by atoms with Crippen LogP contribution in [0.1, 0.15) is 0 Å². The maximum Gasteiger partial charge on any atom is 0.323 e. The Hall–Kier alpha value is -3.34. The summed E-state index contributed by atoms with van der Waals surface area (Å²) < 4.78 is 2.04. The first-order chi connectivity index (χ1) is 11.6. The summed E-state index contributed by atoms with van der Waals surface area (Å²) in [5.41, 5.74) is 8.25. The van der Waals surface area contributed by atoms with Crippen LogP contribution in [0, 0.1) is 0 Å². The molecule has 2 heterocycles. The van der Waals surface area contributed by atoms with Crippen molar-refractivity contribution in [2.75, 3.05) is 4.90 Å². The molecule has 24 heavy (non-hydrogen) atoms. The molecule has 0 aliphatic rings. The van der Waals surface area contributed by atoms with Crippen molar-refractivity contribution in [3.63, 3.8) is 0 Å². The summed E-state index contributed by atoms with van der Waals surface area (Å²) in [6.07, 6.45) is 5.52. The summed E-state index contributed by atoms with van der Waals surface area (Å²) in [5, 5.41) is 3.09. The van der Waals surface area contributed by atoms with Crippen LogP contribution in [0.15, 0.2) is 67.1 Å². The first-order valence-corrected chi connectivity index (χ1v) is 7.62. The van der Waals surface area contributed by atoms with E-state index in [4.69, 9.17) is 5.73 Å². The van der Waals surface area contributed by atoms with E-state index in [9.17, 15) is 4.79 Å². The molecule has 2 aromatic carbocycles. The molecule has 2 aromatic heterocycles. The fourth-order valence-electron chi connectivity index (χ4n) is 3.02. The number of nitrogens with two attached hydrogens (primary N) is 1. The summed E-state index contributed by atoms with van der Waals surface area (Å²) >= 11 is 0. The van der Waals surface area contributed by atoms with Gasteiger partial charge in [-0.25, -0.2) is 4.79 Å². The first-order valence-electron chi connectivity index (χ1n) is 7.62. The topological polar surface area (TPSA) is 64.2 Å². The van der Waals surface area contributed by atoms with Crippen LogP contribution < -0.4 is 10.6 Å². The average molecular weight is 316 g/mol. The van der Waals surface area contributed by atoms with E-state index in [0.29, 0.717) is 0 Å². The molecule has 0 spiro atoms. The zero-order chi connectivity index (χ0) is 16.7. The fourth-order valence-corrected chi connectivity index (χ4v) is 3.02. The number of carbonyl (C=O) groups excluding carboxylic acids is 1. The van der Waals surface area contributed by atoms with Crippen LogP contribution >= 0.6 is 0 Å². The standard InChI is InChI=1S/C19H16N4O/c1-22-9-7-14-11-17(4-5-18(14)22)23(19(20)24)16-3-2-15-12-21-8-6-13(15)10-16/h2-12H,1H3,(H2,20,24). The summed E-state index contributed by atoms with van der Waals surface area (Å²) in [7, 11) is 1.99. The number of carbonyl (C=O) groups is 1. The van der Waals surface area contributed by atoms with Gasteiger partial charge in [0, 0.05) is 41.9 Å². The number of hydrogen-bond acceptors (Lipinski definition) is 2. The number of primary amides is 1. The predicted molar refractivity (Wildman–Crippen MR) is 96.4 cm³/mol. The van der Waals surface area contributed by atoms with E-state index in [1.165, 1.54) is 4.90 Å². The summed E-state index contributed by atoms with van der Waals surface area (Å²) in [4.78, 5) is 17.7. The number of aryl methyl sites for hydroxylation is 1.